The maximum atomic E-state index is 12.4. The second kappa shape index (κ2) is 5.43. The number of anilines is 1. The SMILES string of the molecule is COc1ccccc1C(=O)Nc1ccc2nc(C3CC3)[nH]c2c1. The Morgan fingerprint density at radius 2 is 2.09 bits per heavy atom. The Balaban J connectivity index is 1.60. The average molecular weight is 307 g/mol. The third-order valence-electron chi connectivity index (χ3n) is 4.07. The van der Waals surface area contributed by atoms with Gasteiger partial charge in [-0.25, -0.2) is 4.98 Å². The summed E-state index contributed by atoms with van der Waals surface area (Å²) < 4.78 is 5.23. The zero-order chi connectivity index (χ0) is 15.8. The molecule has 0 saturated heterocycles. The number of fused-ring (bicyclic) bond motifs is 1. The number of ether oxygens (including phenoxy) is 1. The summed E-state index contributed by atoms with van der Waals surface area (Å²) in [6.45, 7) is 0. The van der Waals surface area contributed by atoms with Crippen LogP contribution in [0.4, 0.5) is 5.69 Å². The average Bonchev–Trinajstić information content (AvgIpc) is 3.34. The molecule has 0 unspecified atom stereocenters. The summed E-state index contributed by atoms with van der Waals surface area (Å²) in [5.41, 5.74) is 3.13. The molecule has 2 aromatic carbocycles. The molecule has 0 radical (unpaired) electrons. The molecule has 5 nitrogen and oxygen atoms in total. The van der Waals surface area contributed by atoms with Crippen molar-refractivity contribution in [2.24, 2.45) is 0 Å². The topological polar surface area (TPSA) is 67.0 Å². The van der Waals surface area contributed by atoms with E-state index in [0.717, 1.165) is 22.5 Å². The van der Waals surface area contributed by atoms with E-state index in [2.05, 4.69) is 15.3 Å². The lowest BCUT2D eigenvalue weighted by atomic mass is 10.2. The number of aromatic nitrogens is 2. The first-order chi connectivity index (χ1) is 11.2. The van der Waals surface area contributed by atoms with E-state index < -0.39 is 0 Å². The molecule has 0 atom stereocenters. The van der Waals surface area contributed by atoms with Crippen LogP contribution in [0.25, 0.3) is 11.0 Å². The summed E-state index contributed by atoms with van der Waals surface area (Å²) in [6.07, 6.45) is 2.41. The molecule has 2 N–H and O–H groups in total. The third kappa shape index (κ3) is 2.65. The van der Waals surface area contributed by atoms with Gasteiger partial charge in [-0.3, -0.25) is 4.79 Å². The quantitative estimate of drug-likeness (QED) is 0.772. The minimum absolute atomic E-state index is 0.191. The fourth-order valence-electron chi connectivity index (χ4n) is 2.69. The highest BCUT2D eigenvalue weighted by Crippen LogP contribution is 2.39. The number of nitrogens with zero attached hydrogens (tertiary/aromatic N) is 1. The number of imidazole rings is 1. The Morgan fingerprint density at radius 3 is 2.87 bits per heavy atom. The summed E-state index contributed by atoms with van der Waals surface area (Å²) >= 11 is 0. The zero-order valence-corrected chi connectivity index (χ0v) is 12.8. The van der Waals surface area contributed by atoms with Crippen molar-refractivity contribution in [3.63, 3.8) is 0 Å². The van der Waals surface area contributed by atoms with E-state index in [9.17, 15) is 4.79 Å². The highest BCUT2D eigenvalue weighted by Gasteiger charge is 2.26. The van der Waals surface area contributed by atoms with Gasteiger partial charge in [0.25, 0.3) is 5.91 Å². The molecular formula is C18H17N3O2. The van der Waals surface area contributed by atoms with Gasteiger partial charge in [0.15, 0.2) is 0 Å². The van der Waals surface area contributed by atoms with Gasteiger partial charge in [-0.05, 0) is 43.2 Å². The highest BCUT2D eigenvalue weighted by atomic mass is 16.5. The van der Waals surface area contributed by atoms with Gasteiger partial charge in [0, 0.05) is 11.6 Å². The van der Waals surface area contributed by atoms with E-state index in [-0.39, 0.29) is 5.91 Å². The van der Waals surface area contributed by atoms with Crippen LogP contribution in [0.3, 0.4) is 0 Å². The molecule has 0 bridgehead atoms. The number of para-hydroxylation sites is 1. The lowest BCUT2D eigenvalue weighted by Crippen LogP contribution is -2.13. The second-order valence-corrected chi connectivity index (χ2v) is 5.78. The van der Waals surface area contributed by atoms with Gasteiger partial charge in [0.05, 0.1) is 23.7 Å². The monoisotopic (exact) mass is 307 g/mol. The van der Waals surface area contributed by atoms with Gasteiger partial charge in [-0.15, -0.1) is 0 Å². The summed E-state index contributed by atoms with van der Waals surface area (Å²) in [5, 5.41) is 2.91. The van der Waals surface area contributed by atoms with Crippen LogP contribution in [0.15, 0.2) is 42.5 Å². The number of rotatable bonds is 4. The molecule has 5 heteroatoms. The standard InChI is InChI=1S/C18H17N3O2/c1-23-16-5-3-2-4-13(16)18(22)19-12-8-9-14-15(10-12)21-17(20-14)11-6-7-11/h2-5,8-11H,6-7H2,1H3,(H,19,22)(H,20,21). The van der Waals surface area contributed by atoms with Gasteiger partial charge in [-0.2, -0.15) is 0 Å². The smallest absolute Gasteiger partial charge is 0.259 e. The lowest BCUT2D eigenvalue weighted by Gasteiger charge is -2.09. The van der Waals surface area contributed by atoms with E-state index in [1.165, 1.54) is 12.8 Å². The molecule has 1 aliphatic carbocycles. The van der Waals surface area contributed by atoms with Crippen molar-refractivity contribution in [1.82, 2.24) is 9.97 Å². The minimum atomic E-state index is -0.191. The maximum Gasteiger partial charge on any atom is 0.259 e. The van der Waals surface area contributed by atoms with Crippen LogP contribution < -0.4 is 10.1 Å². The Labute approximate surface area is 133 Å². The first-order valence-corrected chi connectivity index (χ1v) is 7.68. The number of aromatic amines is 1. The number of hydrogen-bond donors (Lipinski definition) is 2. The Bertz CT molecular complexity index is 881. The summed E-state index contributed by atoms with van der Waals surface area (Å²) in [6, 6.07) is 12.9. The van der Waals surface area contributed by atoms with Gasteiger partial charge in [-0.1, -0.05) is 12.1 Å². The molecule has 4 rings (SSSR count). The van der Waals surface area contributed by atoms with Crippen LogP contribution in [0.1, 0.15) is 34.9 Å². The van der Waals surface area contributed by atoms with Crippen molar-refractivity contribution in [3.8, 4) is 5.75 Å². The highest BCUT2D eigenvalue weighted by molar-refractivity contribution is 6.06. The van der Waals surface area contributed by atoms with Gasteiger partial charge in [0.2, 0.25) is 0 Å². The first kappa shape index (κ1) is 13.8. The second-order valence-electron chi connectivity index (χ2n) is 5.78. The molecule has 1 fully saturated rings. The molecule has 1 saturated carbocycles. The largest absolute Gasteiger partial charge is 0.496 e. The number of benzene rings is 2. The van der Waals surface area contributed by atoms with Crippen LogP contribution in [-0.4, -0.2) is 23.0 Å². The molecule has 0 spiro atoms. The first-order valence-electron chi connectivity index (χ1n) is 7.68. The van der Waals surface area contributed by atoms with E-state index >= 15 is 0 Å². The summed E-state index contributed by atoms with van der Waals surface area (Å²) in [5.74, 6) is 1.99. The number of nitrogens with one attached hydrogen (secondary N) is 2. The maximum absolute atomic E-state index is 12.4. The number of hydrogen-bond acceptors (Lipinski definition) is 3. The predicted octanol–water partition coefficient (Wildman–Crippen LogP) is 3.70. The molecule has 1 amide bonds. The number of amides is 1. The van der Waals surface area contributed by atoms with E-state index in [1.807, 2.05) is 30.3 Å². The van der Waals surface area contributed by atoms with Crippen LogP contribution >= 0.6 is 0 Å². The fraction of sp³-hybridized carbons (Fsp3) is 0.222. The molecule has 0 aliphatic heterocycles. The predicted molar refractivity (Wildman–Crippen MR) is 89.0 cm³/mol. The van der Waals surface area contributed by atoms with E-state index in [0.29, 0.717) is 17.2 Å². The van der Waals surface area contributed by atoms with Crippen molar-refractivity contribution < 1.29 is 9.53 Å². The molecule has 1 aromatic heterocycles. The van der Waals surface area contributed by atoms with E-state index in [1.54, 1.807) is 19.2 Å². The van der Waals surface area contributed by atoms with Gasteiger partial charge < -0.3 is 15.0 Å². The van der Waals surface area contributed by atoms with E-state index in [4.69, 9.17) is 4.74 Å². The molecular weight excluding hydrogens is 290 g/mol. The van der Waals surface area contributed by atoms with Crippen molar-refractivity contribution in [2.75, 3.05) is 12.4 Å². The Morgan fingerprint density at radius 1 is 1.26 bits per heavy atom. The van der Waals surface area contributed by atoms with Crippen molar-refractivity contribution >= 4 is 22.6 Å². The van der Waals surface area contributed by atoms with Crippen molar-refractivity contribution in [3.05, 3.63) is 53.9 Å². The Hall–Kier alpha value is -2.82. The molecule has 23 heavy (non-hydrogen) atoms. The molecule has 3 aromatic rings. The van der Waals surface area contributed by atoms with Crippen LogP contribution in [0.5, 0.6) is 5.75 Å². The van der Waals surface area contributed by atoms with Gasteiger partial charge >= 0.3 is 0 Å². The number of methoxy groups -OCH3 is 1. The fourth-order valence-corrected chi connectivity index (χ4v) is 2.69. The van der Waals surface area contributed by atoms with Gasteiger partial charge in [0.1, 0.15) is 11.6 Å². The zero-order valence-electron chi connectivity index (χ0n) is 12.8. The van der Waals surface area contributed by atoms with Crippen molar-refractivity contribution in [2.45, 2.75) is 18.8 Å². The lowest BCUT2D eigenvalue weighted by molar-refractivity contribution is 0.102. The Kier molecular flexibility index (Phi) is 3.26. The molecule has 1 aliphatic rings. The summed E-state index contributed by atoms with van der Waals surface area (Å²) in [4.78, 5) is 20.4. The molecule has 1 heterocycles. The van der Waals surface area contributed by atoms with Crippen molar-refractivity contribution in [1.29, 1.82) is 0 Å². The molecule has 116 valence electrons. The van der Waals surface area contributed by atoms with Crippen LogP contribution in [0, 0.1) is 0 Å². The van der Waals surface area contributed by atoms with Crippen LogP contribution in [-0.2, 0) is 0 Å². The summed E-state index contributed by atoms with van der Waals surface area (Å²) in [7, 11) is 1.56. The number of H-pyrrole nitrogens is 1. The number of carbonyl (C=O) groups is 1. The van der Waals surface area contributed by atoms with Crippen LogP contribution in [0.2, 0.25) is 0 Å². The normalized spacial score (nSPS) is 14.0. The third-order valence-corrected chi connectivity index (χ3v) is 4.07. The number of carbonyl (C=O) groups excluding carboxylic acids is 1. The minimum Gasteiger partial charge on any atom is -0.496 e.